The van der Waals surface area contributed by atoms with Gasteiger partial charge < -0.3 is 9.88 Å². The molecule has 31 heavy (non-hydrogen) atoms. The van der Waals surface area contributed by atoms with Gasteiger partial charge in [-0.25, -0.2) is 9.37 Å². The van der Waals surface area contributed by atoms with Crippen molar-refractivity contribution in [2.24, 2.45) is 0 Å². The fourth-order valence-corrected chi connectivity index (χ4v) is 4.37. The third-order valence-corrected chi connectivity index (χ3v) is 5.89. The number of pyridine rings is 2. The first-order valence-corrected chi connectivity index (χ1v) is 10.5. The number of aromatic amines is 2. The average Bonchev–Trinajstić information content (AvgIpc) is 3.45. The van der Waals surface area contributed by atoms with Crippen LogP contribution in [0.1, 0.15) is 19.3 Å². The fraction of sp³-hybridized carbons (Fsp3) is 0.217. The van der Waals surface area contributed by atoms with E-state index < -0.39 is 5.82 Å². The van der Waals surface area contributed by atoms with Gasteiger partial charge in [0.1, 0.15) is 16.9 Å². The van der Waals surface area contributed by atoms with Gasteiger partial charge in [0, 0.05) is 31.0 Å². The Morgan fingerprint density at radius 1 is 0.935 bits per heavy atom. The Balaban J connectivity index is 1.51. The summed E-state index contributed by atoms with van der Waals surface area (Å²) >= 11 is 0. The van der Waals surface area contributed by atoms with Crippen molar-refractivity contribution in [1.29, 1.82) is 0 Å². The number of piperidine rings is 1. The molecule has 8 heteroatoms. The van der Waals surface area contributed by atoms with E-state index in [1.54, 1.807) is 30.7 Å². The molecule has 5 heterocycles. The molecule has 2 N–H and O–H groups in total. The number of aromatic nitrogens is 6. The standard InChI is InChI=1S/C23H20FN7/c24-19-18-16(13-26-20(19)14-6-5-9-25-12-14)29-30-22(18)23-27-15-7-4-8-17(21(15)28-23)31-10-2-1-3-11-31/h4-9,12-13H,1-3,10-11H2,(H,27,28)(H,29,30). The van der Waals surface area contributed by atoms with Crippen molar-refractivity contribution in [3.05, 3.63) is 54.7 Å². The molecule has 0 amide bonds. The first kappa shape index (κ1) is 18.0. The lowest BCUT2D eigenvalue weighted by molar-refractivity contribution is 0.579. The Bertz CT molecular complexity index is 1380. The van der Waals surface area contributed by atoms with Gasteiger partial charge in [0.25, 0.3) is 0 Å². The fourth-order valence-electron chi connectivity index (χ4n) is 4.37. The van der Waals surface area contributed by atoms with Crippen LogP contribution < -0.4 is 4.90 Å². The summed E-state index contributed by atoms with van der Waals surface area (Å²) in [4.78, 5) is 18.9. The Labute approximate surface area is 177 Å². The third kappa shape index (κ3) is 2.94. The number of hydrogen-bond donors (Lipinski definition) is 2. The van der Waals surface area contributed by atoms with Gasteiger partial charge in [0.2, 0.25) is 0 Å². The molecule has 0 unspecified atom stereocenters. The topological polar surface area (TPSA) is 86.4 Å². The first-order valence-electron chi connectivity index (χ1n) is 10.5. The number of anilines is 1. The zero-order valence-corrected chi connectivity index (χ0v) is 16.8. The van der Waals surface area contributed by atoms with Crippen LogP contribution in [0.3, 0.4) is 0 Å². The molecule has 1 saturated heterocycles. The van der Waals surface area contributed by atoms with Crippen molar-refractivity contribution in [3.8, 4) is 22.8 Å². The monoisotopic (exact) mass is 413 g/mol. The number of benzene rings is 1. The molecule has 0 atom stereocenters. The highest BCUT2D eigenvalue weighted by atomic mass is 19.1. The second kappa shape index (κ2) is 7.16. The van der Waals surface area contributed by atoms with Gasteiger partial charge >= 0.3 is 0 Å². The summed E-state index contributed by atoms with van der Waals surface area (Å²) in [6, 6.07) is 9.68. The minimum Gasteiger partial charge on any atom is -0.370 e. The Kier molecular flexibility index (Phi) is 4.15. The van der Waals surface area contributed by atoms with E-state index in [0.29, 0.717) is 28.0 Å². The highest BCUT2D eigenvalue weighted by molar-refractivity contribution is 5.97. The normalized spacial score (nSPS) is 14.5. The third-order valence-electron chi connectivity index (χ3n) is 5.89. The number of imidazole rings is 1. The maximum absolute atomic E-state index is 15.6. The van der Waals surface area contributed by atoms with E-state index in [4.69, 9.17) is 4.98 Å². The molecular formula is C23H20FN7. The summed E-state index contributed by atoms with van der Waals surface area (Å²) in [5.74, 6) is 0.0962. The molecule has 1 fully saturated rings. The molecule has 0 spiro atoms. The largest absolute Gasteiger partial charge is 0.370 e. The molecule has 0 radical (unpaired) electrons. The van der Waals surface area contributed by atoms with Gasteiger partial charge in [-0.1, -0.05) is 6.07 Å². The number of nitrogens with zero attached hydrogens (tertiary/aromatic N) is 5. The van der Waals surface area contributed by atoms with E-state index >= 15 is 4.39 Å². The molecule has 5 aromatic rings. The van der Waals surface area contributed by atoms with Gasteiger partial charge in [-0.3, -0.25) is 15.1 Å². The van der Waals surface area contributed by atoms with E-state index in [2.05, 4.69) is 36.1 Å². The minimum absolute atomic E-state index is 0.244. The number of hydrogen-bond acceptors (Lipinski definition) is 5. The second-order valence-corrected chi connectivity index (χ2v) is 7.83. The summed E-state index contributed by atoms with van der Waals surface area (Å²) < 4.78 is 15.6. The Morgan fingerprint density at radius 2 is 1.84 bits per heavy atom. The molecule has 154 valence electrons. The summed E-state index contributed by atoms with van der Waals surface area (Å²) in [5, 5.41) is 7.63. The number of H-pyrrole nitrogens is 2. The van der Waals surface area contributed by atoms with Crippen LogP contribution in [0.15, 0.2) is 48.9 Å². The highest BCUT2D eigenvalue weighted by Crippen LogP contribution is 2.34. The summed E-state index contributed by atoms with van der Waals surface area (Å²) in [6.45, 7) is 2.06. The molecule has 1 aliphatic rings. The van der Waals surface area contributed by atoms with Gasteiger partial charge in [0.05, 0.1) is 28.3 Å². The van der Waals surface area contributed by atoms with Crippen LogP contribution in [-0.4, -0.2) is 43.2 Å². The SMILES string of the molecule is Fc1c(-c2cccnc2)ncc2[nH]nc(-c3nc4c(N5CCCCC5)cccc4[nH]3)c12. The number of para-hydroxylation sites is 1. The molecular weight excluding hydrogens is 393 g/mol. The minimum atomic E-state index is -0.439. The maximum atomic E-state index is 15.6. The van der Waals surface area contributed by atoms with E-state index in [-0.39, 0.29) is 5.69 Å². The lowest BCUT2D eigenvalue weighted by Gasteiger charge is -2.28. The van der Waals surface area contributed by atoms with Crippen LogP contribution in [0, 0.1) is 5.82 Å². The molecule has 6 rings (SSSR count). The van der Waals surface area contributed by atoms with Crippen LogP contribution in [0.5, 0.6) is 0 Å². The van der Waals surface area contributed by atoms with Crippen molar-refractivity contribution in [2.75, 3.05) is 18.0 Å². The molecule has 0 saturated carbocycles. The quantitative estimate of drug-likeness (QED) is 0.448. The summed E-state index contributed by atoms with van der Waals surface area (Å²) in [6.07, 6.45) is 8.49. The molecule has 1 aromatic carbocycles. The van der Waals surface area contributed by atoms with Gasteiger partial charge in [-0.05, 0) is 43.5 Å². The highest BCUT2D eigenvalue weighted by Gasteiger charge is 2.22. The summed E-state index contributed by atoms with van der Waals surface area (Å²) in [7, 11) is 0. The van der Waals surface area contributed by atoms with Crippen LogP contribution in [0.4, 0.5) is 10.1 Å². The van der Waals surface area contributed by atoms with Crippen molar-refractivity contribution in [1.82, 2.24) is 30.1 Å². The van der Waals surface area contributed by atoms with Crippen LogP contribution in [0.2, 0.25) is 0 Å². The van der Waals surface area contributed by atoms with Crippen molar-refractivity contribution < 1.29 is 4.39 Å². The van der Waals surface area contributed by atoms with Gasteiger partial charge in [-0.2, -0.15) is 5.10 Å². The Hall–Kier alpha value is -3.81. The first-order chi connectivity index (χ1) is 15.3. The van der Waals surface area contributed by atoms with Gasteiger partial charge in [-0.15, -0.1) is 0 Å². The molecule has 0 bridgehead atoms. The molecule has 0 aliphatic carbocycles. The lowest BCUT2D eigenvalue weighted by atomic mass is 10.1. The number of halogens is 1. The smallest absolute Gasteiger partial charge is 0.161 e. The zero-order valence-electron chi connectivity index (χ0n) is 16.8. The van der Waals surface area contributed by atoms with Crippen molar-refractivity contribution in [3.63, 3.8) is 0 Å². The van der Waals surface area contributed by atoms with E-state index in [1.807, 2.05) is 12.1 Å². The number of fused-ring (bicyclic) bond motifs is 2. The van der Waals surface area contributed by atoms with E-state index in [1.165, 1.54) is 19.3 Å². The molecule has 1 aliphatic heterocycles. The van der Waals surface area contributed by atoms with Crippen LogP contribution in [0.25, 0.3) is 44.7 Å². The lowest BCUT2D eigenvalue weighted by Crippen LogP contribution is -2.29. The Morgan fingerprint density at radius 3 is 2.68 bits per heavy atom. The second-order valence-electron chi connectivity index (χ2n) is 7.83. The van der Waals surface area contributed by atoms with E-state index in [0.717, 1.165) is 29.8 Å². The predicted molar refractivity (Wildman–Crippen MR) is 118 cm³/mol. The van der Waals surface area contributed by atoms with Crippen LogP contribution in [-0.2, 0) is 0 Å². The van der Waals surface area contributed by atoms with Gasteiger partial charge in [0.15, 0.2) is 11.6 Å². The van der Waals surface area contributed by atoms with E-state index in [9.17, 15) is 0 Å². The zero-order chi connectivity index (χ0) is 20.8. The number of nitrogens with one attached hydrogen (secondary N) is 2. The number of rotatable bonds is 3. The predicted octanol–water partition coefficient (Wildman–Crippen LogP) is 4.69. The van der Waals surface area contributed by atoms with Crippen molar-refractivity contribution in [2.45, 2.75) is 19.3 Å². The van der Waals surface area contributed by atoms with Crippen molar-refractivity contribution >= 4 is 27.6 Å². The average molecular weight is 413 g/mol. The maximum Gasteiger partial charge on any atom is 0.161 e. The van der Waals surface area contributed by atoms with Crippen LogP contribution >= 0.6 is 0 Å². The molecule has 7 nitrogen and oxygen atoms in total. The molecule has 4 aromatic heterocycles. The summed E-state index contributed by atoms with van der Waals surface area (Å²) in [5.41, 5.74) is 4.74.